The number of fused-ring (bicyclic) bond motifs is 1. The maximum absolute atomic E-state index is 13.4. The van der Waals surface area contributed by atoms with Crippen LogP contribution in [0, 0.1) is 0 Å². The lowest BCUT2D eigenvalue weighted by Crippen LogP contribution is -2.46. The number of hydrogen-bond acceptors (Lipinski definition) is 9. The molecule has 12 heteroatoms. The molecule has 2 aromatic heterocycles. The van der Waals surface area contributed by atoms with Crippen LogP contribution in [0.4, 0.5) is 20.6 Å². The van der Waals surface area contributed by atoms with Gasteiger partial charge in [-0.1, -0.05) is 23.5 Å². The Kier molecular flexibility index (Phi) is 8.13. The molecule has 1 aliphatic rings. The molecule has 0 saturated carbocycles. The van der Waals surface area contributed by atoms with Crippen molar-refractivity contribution in [3.8, 4) is 5.75 Å². The molecule has 0 radical (unpaired) electrons. The number of nitrogens with one attached hydrogen (secondary N) is 2. The molecule has 3 heterocycles. The molecule has 0 unspecified atom stereocenters. The average molecular weight is 578 g/mol. The quantitative estimate of drug-likeness (QED) is 0.317. The van der Waals surface area contributed by atoms with Gasteiger partial charge >= 0.3 is 6.09 Å². The second-order valence-corrected chi connectivity index (χ2v) is 11.9. The first-order valence-corrected chi connectivity index (χ1v) is 14.2. The van der Waals surface area contributed by atoms with E-state index in [1.54, 1.807) is 38.6 Å². The number of ether oxygens (including phenoxy) is 2. The Bertz CT molecular complexity index is 1530. The van der Waals surface area contributed by atoms with E-state index in [2.05, 4.69) is 42.6 Å². The Balaban J connectivity index is 1.30. The van der Waals surface area contributed by atoms with Gasteiger partial charge in [0.05, 0.1) is 12.6 Å². The van der Waals surface area contributed by atoms with Crippen molar-refractivity contribution in [2.24, 2.45) is 7.05 Å². The number of nitrogens with zero attached hydrogens (tertiary/aromatic N) is 5. The molecule has 5 rings (SSSR count). The van der Waals surface area contributed by atoms with Crippen molar-refractivity contribution in [1.82, 2.24) is 19.7 Å². The molecule has 0 spiro atoms. The first kappa shape index (κ1) is 28.4. The standard InChI is InChI=1S/C29H35N7O4S/c1-29(2,3)40-28(38)32-26-24(25(37)30-21-8-11-23-20(16-21)18-34(4)33-23)31-27(41-26)36-14-12-35(13-15-36)17-19-6-9-22(39-5)10-7-19/h6-11,16,18H,12-15,17H2,1-5H3,(H,30,37)(H,32,38). The van der Waals surface area contributed by atoms with E-state index in [1.807, 2.05) is 37.5 Å². The number of thiazole rings is 1. The molecule has 1 saturated heterocycles. The summed E-state index contributed by atoms with van der Waals surface area (Å²) in [6.45, 7) is 9.38. The third kappa shape index (κ3) is 7.14. The number of hydrogen-bond donors (Lipinski definition) is 2. The molecule has 0 atom stereocenters. The van der Waals surface area contributed by atoms with Crippen molar-refractivity contribution in [1.29, 1.82) is 0 Å². The third-order valence-electron chi connectivity index (χ3n) is 6.53. The predicted octanol–water partition coefficient (Wildman–Crippen LogP) is 4.96. The lowest BCUT2D eigenvalue weighted by molar-refractivity contribution is 0.0636. The van der Waals surface area contributed by atoms with Gasteiger partial charge in [0.25, 0.3) is 5.91 Å². The van der Waals surface area contributed by atoms with E-state index in [4.69, 9.17) is 9.47 Å². The molecular formula is C29H35N7O4S. The van der Waals surface area contributed by atoms with E-state index in [-0.39, 0.29) is 5.69 Å². The maximum Gasteiger partial charge on any atom is 0.412 e. The number of carbonyl (C=O) groups excluding carboxylic acids is 2. The minimum atomic E-state index is -0.681. The summed E-state index contributed by atoms with van der Waals surface area (Å²) in [6, 6.07) is 13.6. The Morgan fingerprint density at radius 1 is 1.02 bits per heavy atom. The summed E-state index contributed by atoms with van der Waals surface area (Å²) >= 11 is 1.27. The Labute approximate surface area is 243 Å². The van der Waals surface area contributed by atoms with E-state index in [0.29, 0.717) is 15.8 Å². The molecule has 0 bridgehead atoms. The fraction of sp³-hybridized carbons (Fsp3) is 0.379. The van der Waals surface area contributed by atoms with Gasteiger partial charge in [0.1, 0.15) is 16.4 Å². The fourth-order valence-corrected chi connectivity index (χ4v) is 5.58. The molecular weight excluding hydrogens is 542 g/mol. The number of anilines is 3. The number of piperazine rings is 1. The Morgan fingerprint density at radius 2 is 1.76 bits per heavy atom. The van der Waals surface area contributed by atoms with Crippen LogP contribution >= 0.6 is 11.3 Å². The van der Waals surface area contributed by atoms with Crippen LogP contribution < -0.4 is 20.3 Å². The largest absolute Gasteiger partial charge is 0.497 e. The SMILES string of the molecule is COc1ccc(CN2CCN(c3nc(C(=O)Nc4ccc5nn(C)cc5c4)c(NC(=O)OC(C)(C)C)s3)CC2)cc1. The molecule has 2 aromatic carbocycles. The van der Waals surface area contributed by atoms with Gasteiger partial charge in [-0.3, -0.25) is 19.7 Å². The van der Waals surface area contributed by atoms with Crippen molar-refractivity contribution in [3.63, 3.8) is 0 Å². The van der Waals surface area contributed by atoms with E-state index < -0.39 is 17.6 Å². The predicted molar refractivity (Wildman–Crippen MR) is 161 cm³/mol. The van der Waals surface area contributed by atoms with Gasteiger partial charge in [0, 0.05) is 57.0 Å². The van der Waals surface area contributed by atoms with Crippen LogP contribution in [-0.2, 0) is 18.3 Å². The fourth-order valence-electron chi connectivity index (χ4n) is 4.58. The first-order chi connectivity index (χ1) is 19.6. The average Bonchev–Trinajstić information content (AvgIpc) is 3.50. The van der Waals surface area contributed by atoms with Crippen LogP contribution in [0.5, 0.6) is 5.75 Å². The van der Waals surface area contributed by atoms with Crippen LogP contribution in [0.25, 0.3) is 10.9 Å². The second kappa shape index (κ2) is 11.8. The first-order valence-electron chi connectivity index (χ1n) is 13.4. The molecule has 2 N–H and O–H groups in total. The highest BCUT2D eigenvalue weighted by Gasteiger charge is 2.27. The zero-order valence-corrected chi connectivity index (χ0v) is 24.7. The molecule has 41 heavy (non-hydrogen) atoms. The minimum Gasteiger partial charge on any atom is -0.497 e. The molecule has 1 fully saturated rings. The molecule has 11 nitrogen and oxygen atoms in total. The zero-order valence-electron chi connectivity index (χ0n) is 23.9. The number of benzene rings is 2. The van der Waals surface area contributed by atoms with Crippen molar-refractivity contribution in [2.45, 2.75) is 32.9 Å². The van der Waals surface area contributed by atoms with Gasteiger partial charge in [0.15, 0.2) is 10.8 Å². The topological polar surface area (TPSA) is 114 Å². The highest BCUT2D eigenvalue weighted by molar-refractivity contribution is 7.20. The van der Waals surface area contributed by atoms with Gasteiger partial charge in [0.2, 0.25) is 0 Å². The van der Waals surface area contributed by atoms with Gasteiger partial charge < -0.3 is 19.7 Å². The normalized spacial score (nSPS) is 14.2. The van der Waals surface area contributed by atoms with E-state index in [9.17, 15) is 9.59 Å². The van der Waals surface area contributed by atoms with Crippen LogP contribution in [-0.4, -0.2) is 70.6 Å². The van der Waals surface area contributed by atoms with Gasteiger partial charge in [-0.15, -0.1) is 0 Å². The van der Waals surface area contributed by atoms with Gasteiger partial charge in [-0.2, -0.15) is 5.10 Å². The highest BCUT2D eigenvalue weighted by atomic mass is 32.1. The lowest BCUT2D eigenvalue weighted by atomic mass is 10.2. The van der Waals surface area contributed by atoms with E-state index in [0.717, 1.165) is 49.4 Å². The van der Waals surface area contributed by atoms with E-state index in [1.165, 1.54) is 16.9 Å². The maximum atomic E-state index is 13.4. The Morgan fingerprint density at radius 3 is 2.44 bits per heavy atom. The summed E-state index contributed by atoms with van der Waals surface area (Å²) in [5, 5.41) is 12.0. The van der Waals surface area contributed by atoms with E-state index >= 15 is 0 Å². The van der Waals surface area contributed by atoms with Gasteiger partial charge in [-0.05, 0) is 56.7 Å². The highest BCUT2D eigenvalue weighted by Crippen LogP contribution is 2.33. The monoisotopic (exact) mass is 577 g/mol. The summed E-state index contributed by atoms with van der Waals surface area (Å²) in [5.41, 5.74) is 2.13. The molecule has 4 aromatic rings. The summed E-state index contributed by atoms with van der Waals surface area (Å²) in [5.74, 6) is 0.426. The Hall–Kier alpha value is -4.16. The lowest BCUT2D eigenvalue weighted by Gasteiger charge is -2.34. The summed E-state index contributed by atoms with van der Waals surface area (Å²) < 4.78 is 12.4. The van der Waals surface area contributed by atoms with Crippen LogP contribution in [0.3, 0.4) is 0 Å². The number of rotatable bonds is 7. The van der Waals surface area contributed by atoms with Gasteiger partial charge in [-0.25, -0.2) is 9.78 Å². The summed E-state index contributed by atoms with van der Waals surface area (Å²) in [4.78, 5) is 35.3. The number of carbonyl (C=O) groups is 2. The van der Waals surface area contributed by atoms with Crippen LogP contribution in [0.2, 0.25) is 0 Å². The number of amides is 2. The molecule has 216 valence electrons. The third-order valence-corrected chi connectivity index (χ3v) is 7.56. The second-order valence-electron chi connectivity index (χ2n) is 10.9. The molecule has 0 aliphatic carbocycles. The molecule has 2 amide bonds. The summed E-state index contributed by atoms with van der Waals surface area (Å²) in [7, 11) is 3.51. The summed E-state index contributed by atoms with van der Waals surface area (Å²) in [6.07, 6.45) is 1.25. The van der Waals surface area contributed by atoms with Crippen LogP contribution in [0.15, 0.2) is 48.7 Å². The van der Waals surface area contributed by atoms with Crippen molar-refractivity contribution >= 4 is 50.1 Å². The number of aromatic nitrogens is 3. The van der Waals surface area contributed by atoms with Crippen molar-refractivity contribution < 1.29 is 19.1 Å². The van der Waals surface area contributed by atoms with Crippen LogP contribution in [0.1, 0.15) is 36.8 Å². The number of aryl methyl sites for hydroxylation is 1. The molecule has 1 aliphatic heterocycles. The zero-order chi connectivity index (χ0) is 29.1. The van der Waals surface area contributed by atoms with Crippen molar-refractivity contribution in [2.75, 3.05) is 48.8 Å². The van der Waals surface area contributed by atoms with Crippen molar-refractivity contribution in [3.05, 3.63) is 59.9 Å². The number of methoxy groups -OCH3 is 1. The smallest absolute Gasteiger partial charge is 0.412 e. The minimum absolute atomic E-state index is 0.141.